The third-order valence-corrected chi connectivity index (χ3v) is 8.05. The second-order valence-corrected chi connectivity index (χ2v) is 11.6. The minimum atomic E-state index is -4.57. The zero-order chi connectivity index (χ0) is 32.1. The van der Waals surface area contributed by atoms with Gasteiger partial charge in [0.25, 0.3) is 0 Å². The number of hydrogen-bond acceptors (Lipinski definition) is 3. The summed E-state index contributed by atoms with van der Waals surface area (Å²) in [4.78, 5) is 24.4. The van der Waals surface area contributed by atoms with Crippen LogP contribution in [0.5, 0.6) is 0 Å². The number of alkyl halides is 6. The standard InChI is InChI=1S/C31H30F6N2O4/c1-28(2)20-16-18(30(32,33)34)8-10-22(20)38(14-12-26(40)41)24(28)6-5-7-25-29(3,4)21-17-19(31(35,36)37)9-11-23(21)39(25)15-13-27(42)43/h5-11,16-17H,12-15H2,1-4H3,(H-,40,41,42,43)/p+1. The number of rotatable bonds is 8. The number of carboxylic acid groups (broad SMARTS) is 2. The number of halogens is 6. The van der Waals surface area contributed by atoms with Crippen molar-refractivity contribution >= 4 is 29.0 Å². The normalized spacial score (nSPS) is 18.5. The van der Waals surface area contributed by atoms with E-state index in [9.17, 15) is 46.1 Å². The van der Waals surface area contributed by atoms with Crippen molar-refractivity contribution in [3.63, 3.8) is 0 Å². The van der Waals surface area contributed by atoms with Crippen LogP contribution in [0, 0.1) is 0 Å². The average Bonchev–Trinajstić information content (AvgIpc) is 3.23. The molecule has 0 unspecified atom stereocenters. The molecule has 0 aromatic heterocycles. The highest BCUT2D eigenvalue weighted by Gasteiger charge is 2.46. The quantitative estimate of drug-likeness (QED) is 0.243. The molecule has 6 nitrogen and oxygen atoms in total. The molecule has 0 bridgehead atoms. The fraction of sp³-hybridized carbons (Fsp3) is 0.387. The van der Waals surface area contributed by atoms with E-state index in [4.69, 9.17) is 0 Å². The molecule has 2 aliphatic rings. The van der Waals surface area contributed by atoms with Crippen molar-refractivity contribution in [2.24, 2.45) is 0 Å². The van der Waals surface area contributed by atoms with Crippen LogP contribution < -0.4 is 4.90 Å². The number of carbonyl (C=O) groups is 2. The molecule has 0 radical (unpaired) electrons. The van der Waals surface area contributed by atoms with Gasteiger partial charge in [-0.15, -0.1) is 0 Å². The number of carboxylic acids is 2. The summed E-state index contributed by atoms with van der Waals surface area (Å²) < 4.78 is 82.9. The number of anilines is 1. The highest BCUT2D eigenvalue weighted by molar-refractivity contribution is 6.03. The van der Waals surface area contributed by atoms with E-state index in [1.54, 1.807) is 55.4 Å². The number of benzene rings is 2. The van der Waals surface area contributed by atoms with Crippen LogP contribution in [0.25, 0.3) is 0 Å². The first-order chi connectivity index (χ1) is 19.8. The molecule has 0 saturated carbocycles. The molecule has 2 aromatic rings. The molecule has 0 aliphatic carbocycles. The van der Waals surface area contributed by atoms with Gasteiger partial charge in [0.2, 0.25) is 5.69 Å². The van der Waals surface area contributed by atoms with Crippen molar-refractivity contribution in [3.8, 4) is 0 Å². The zero-order valence-corrected chi connectivity index (χ0v) is 23.9. The molecular formula is C31H31F6N2O4+. The van der Waals surface area contributed by atoms with E-state index < -0.39 is 46.2 Å². The highest BCUT2D eigenvalue weighted by Crippen LogP contribution is 2.50. The van der Waals surface area contributed by atoms with Crippen molar-refractivity contribution in [2.45, 2.75) is 63.7 Å². The lowest BCUT2D eigenvalue weighted by Crippen LogP contribution is -2.29. The van der Waals surface area contributed by atoms with E-state index >= 15 is 0 Å². The number of allylic oxidation sites excluding steroid dienone is 4. The average molecular weight is 610 g/mol. The first-order valence-electron chi connectivity index (χ1n) is 13.4. The van der Waals surface area contributed by atoms with E-state index in [0.29, 0.717) is 33.9 Å². The molecule has 0 fully saturated rings. The Balaban J connectivity index is 1.81. The van der Waals surface area contributed by atoms with Crippen LogP contribution >= 0.6 is 0 Å². The summed E-state index contributed by atoms with van der Waals surface area (Å²) in [6.45, 7) is 6.91. The number of nitrogens with zero attached hydrogens (tertiary/aromatic N) is 2. The van der Waals surface area contributed by atoms with Crippen LogP contribution in [0.1, 0.15) is 62.8 Å². The van der Waals surface area contributed by atoms with E-state index in [1.807, 2.05) is 0 Å². The molecule has 2 aromatic carbocycles. The maximum absolute atomic E-state index is 13.5. The van der Waals surface area contributed by atoms with E-state index in [2.05, 4.69) is 0 Å². The lowest BCUT2D eigenvalue weighted by atomic mass is 9.80. The van der Waals surface area contributed by atoms with Crippen LogP contribution in [0.4, 0.5) is 37.7 Å². The van der Waals surface area contributed by atoms with Gasteiger partial charge >= 0.3 is 24.3 Å². The Hall–Kier alpha value is -4.09. The van der Waals surface area contributed by atoms with Gasteiger partial charge in [0.1, 0.15) is 6.42 Å². The SMILES string of the molecule is CC1(C)C(/C=C/C=C2/N(CCC(=O)O)c3ccc(C(F)(F)F)cc3C2(C)C)=[N+](CCC(=O)O)c2ccc(C(F)(F)F)cc21. The number of hydrogen-bond donors (Lipinski definition) is 2. The predicted molar refractivity (Wildman–Crippen MR) is 148 cm³/mol. The Labute approximate surface area is 244 Å². The van der Waals surface area contributed by atoms with Crippen LogP contribution in [0.15, 0.2) is 60.3 Å². The third kappa shape index (κ3) is 6.05. The Morgan fingerprint density at radius 1 is 0.837 bits per heavy atom. The lowest BCUT2D eigenvalue weighted by Gasteiger charge is -2.26. The molecule has 43 heavy (non-hydrogen) atoms. The van der Waals surface area contributed by atoms with Crippen molar-refractivity contribution < 1.29 is 50.7 Å². The minimum absolute atomic E-state index is 0.00470. The molecular weight excluding hydrogens is 578 g/mol. The van der Waals surface area contributed by atoms with Crippen molar-refractivity contribution in [2.75, 3.05) is 18.0 Å². The van der Waals surface area contributed by atoms with Gasteiger partial charge in [-0.2, -0.15) is 30.9 Å². The molecule has 0 amide bonds. The second-order valence-electron chi connectivity index (χ2n) is 11.6. The smallest absolute Gasteiger partial charge is 0.416 e. The largest absolute Gasteiger partial charge is 0.481 e. The number of aliphatic carboxylic acids is 2. The van der Waals surface area contributed by atoms with E-state index in [-0.39, 0.29) is 25.9 Å². The highest BCUT2D eigenvalue weighted by atomic mass is 19.4. The van der Waals surface area contributed by atoms with Crippen LogP contribution in [-0.4, -0.2) is 45.5 Å². The monoisotopic (exact) mass is 609 g/mol. The van der Waals surface area contributed by atoms with Crippen molar-refractivity contribution in [3.05, 3.63) is 82.6 Å². The summed E-state index contributed by atoms with van der Waals surface area (Å²) in [5, 5.41) is 18.6. The van der Waals surface area contributed by atoms with Crippen LogP contribution in [0.2, 0.25) is 0 Å². The second kappa shape index (κ2) is 10.9. The van der Waals surface area contributed by atoms with Crippen molar-refractivity contribution in [1.29, 1.82) is 0 Å². The fourth-order valence-electron chi connectivity index (χ4n) is 5.83. The molecule has 2 aliphatic heterocycles. The van der Waals surface area contributed by atoms with Gasteiger partial charge in [-0.1, -0.05) is 19.9 Å². The predicted octanol–water partition coefficient (Wildman–Crippen LogP) is 7.29. The van der Waals surface area contributed by atoms with Gasteiger partial charge < -0.3 is 15.1 Å². The van der Waals surface area contributed by atoms with Gasteiger partial charge in [0.15, 0.2) is 12.3 Å². The van der Waals surface area contributed by atoms with E-state index in [1.165, 1.54) is 12.1 Å². The molecule has 4 rings (SSSR count). The Bertz CT molecular complexity index is 1560. The topological polar surface area (TPSA) is 80.9 Å². The summed E-state index contributed by atoms with van der Waals surface area (Å²) in [7, 11) is 0. The zero-order valence-electron chi connectivity index (χ0n) is 23.9. The Morgan fingerprint density at radius 3 is 1.95 bits per heavy atom. The summed E-state index contributed by atoms with van der Waals surface area (Å²) >= 11 is 0. The van der Waals surface area contributed by atoms with Crippen LogP contribution in [-0.2, 0) is 32.8 Å². The summed E-state index contributed by atoms with van der Waals surface area (Å²) in [5.74, 6) is -2.16. The van der Waals surface area contributed by atoms with Gasteiger partial charge in [0.05, 0.1) is 23.0 Å². The first kappa shape index (κ1) is 31.8. The molecule has 2 heterocycles. The molecule has 12 heteroatoms. The van der Waals surface area contributed by atoms with Gasteiger partial charge in [-0.25, -0.2) is 0 Å². The molecule has 0 saturated heterocycles. The minimum Gasteiger partial charge on any atom is -0.481 e. The summed E-state index contributed by atoms with van der Waals surface area (Å²) in [5.41, 5.74) is -0.871. The van der Waals surface area contributed by atoms with Gasteiger partial charge in [-0.05, 0) is 55.8 Å². The molecule has 2 N–H and O–H groups in total. The van der Waals surface area contributed by atoms with Gasteiger partial charge in [0, 0.05) is 41.1 Å². The number of fused-ring (bicyclic) bond motifs is 2. The molecule has 0 spiro atoms. The summed E-state index contributed by atoms with van der Waals surface area (Å²) in [6, 6.07) is 6.67. The maximum Gasteiger partial charge on any atom is 0.416 e. The lowest BCUT2D eigenvalue weighted by molar-refractivity contribution is -0.436. The fourth-order valence-corrected chi connectivity index (χ4v) is 5.83. The Kier molecular flexibility index (Phi) is 8.05. The van der Waals surface area contributed by atoms with Crippen molar-refractivity contribution in [1.82, 2.24) is 0 Å². The van der Waals surface area contributed by atoms with E-state index in [0.717, 1.165) is 24.3 Å². The molecule has 0 atom stereocenters. The summed E-state index contributed by atoms with van der Waals surface area (Å²) in [6.07, 6.45) is -4.79. The first-order valence-corrected chi connectivity index (χ1v) is 13.4. The van der Waals surface area contributed by atoms with Crippen LogP contribution in [0.3, 0.4) is 0 Å². The Morgan fingerprint density at radius 2 is 1.40 bits per heavy atom. The third-order valence-electron chi connectivity index (χ3n) is 8.05. The van der Waals surface area contributed by atoms with Gasteiger partial charge in [-0.3, -0.25) is 9.59 Å². The molecule has 230 valence electrons. The maximum atomic E-state index is 13.5.